The van der Waals surface area contributed by atoms with Crippen molar-refractivity contribution in [1.82, 2.24) is 0 Å². The fourth-order valence-electron chi connectivity index (χ4n) is 8.23. The molecular formula is C56H39N. The van der Waals surface area contributed by atoms with E-state index in [1.807, 2.05) is 0 Å². The molecule has 0 unspecified atom stereocenters. The molecule has 0 radical (unpaired) electrons. The maximum absolute atomic E-state index is 2.42. The first-order valence-corrected chi connectivity index (χ1v) is 19.6. The largest absolute Gasteiger partial charge is 0.310 e. The number of benzene rings is 10. The third kappa shape index (κ3) is 6.66. The molecule has 10 aromatic rings. The first-order valence-electron chi connectivity index (χ1n) is 19.6. The maximum atomic E-state index is 2.42. The summed E-state index contributed by atoms with van der Waals surface area (Å²) in [5.74, 6) is 0. The number of rotatable bonds is 8. The van der Waals surface area contributed by atoms with E-state index in [0.717, 1.165) is 22.6 Å². The van der Waals surface area contributed by atoms with Gasteiger partial charge in [-0.15, -0.1) is 0 Å². The third-order valence-electron chi connectivity index (χ3n) is 11.0. The minimum Gasteiger partial charge on any atom is -0.310 e. The lowest BCUT2D eigenvalue weighted by Crippen LogP contribution is -2.11. The predicted molar refractivity (Wildman–Crippen MR) is 243 cm³/mol. The Labute approximate surface area is 334 Å². The lowest BCUT2D eigenvalue weighted by molar-refractivity contribution is 1.28. The molecule has 0 fully saturated rings. The van der Waals surface area contributed by atoms with Crippen molar-refractivity contribution < 1.29 is 0 Å². The van der Waals surface area contributed by atoms with Crippen LogP contribution in [0.2, 0.25) is 0 Å². The number of hydrogen-bond donors (Lipinski definition) is 0. The number of fused-ring (bicyclic) bond motifs is 3. The summed E-state index contributed by atoms with van der Waals surface area (Å²) in [6, 6.07) is 85.7. The second kappa shape index (κ2) is 15.0. The van der Waals surface area contributed by atoms with Crippen molar-refractivity contribution in [2.45, 2.75) is 0 Å². The fourth-order valence-corrected chi connectivity index (χ4v) is 8.23. The van der Waals surface area contributed by atoms with Gasteiger partial charge in [-0.1, -0.05) is 188 Å². The van der Waals surface area contributed by atoms with Crippen LogP contribution in [0, 0.1) is 0 Å². The molecule has 0 aliphatic carbocycles. The van der Waals surface area contributed by atoms with Crippen LogP contribution in [0.15, 0.2) is 237 Å². The van der Waals surface area contributed by atoms with Crippen LogP contribution in [-0.2, 0) is 0 Å². The zero-order valence-corrected chi connectivity index (χ0v) is 31.5. The van der Waals surface area contributed by atoms with Crippen molar-refractivity contribution >= 4 is 38.6 Å². The van der Waals surface area contributed by atoms with E-state index in [1.165, 1.54) is 71.6 Å². The summed E-state index contributed by atoms with van der Waals surface area (Å²) in [4.78, 5) is 2.42. The first-order chi connectivity index (χ1) is 28.3. The highest BCUT2D eigenvalue weighted by molar-refractivity contribution is 6.14. The minimum atomic E-state index is 1.09. The van der Waals surface area contributed by atoms with Crippen LogP contribution in [0.3, 0.4) is 0 Å². The van der Waals surface area contributed by atoms with E-state index in [1.54, 1.807) is 0 Å². The molecule has 1 heteroatoms. The number of anilines is 3. The molecule has 0 aromatic heterocycles. The Morgan fingerprint density at radius 1 is 0.228 bits per heavy atom. The Morgan fingerprint density at radius 2 is 0.719 bits per heavy atom. The summed E-state index contributed by atoms with van der Waals surface area (Å²) in [6.45, 7) is 0. The highest BCUT2D eigenvalue weighted by Gasteiger charge is 2.20. The van der Waals surface area contributed by atoms with Gasteiger partial charge in [-0.2, -0.15) is 0 Å². The zero-order valence-electron chi connectivity index (χ0n) is 31.5. The second-order valence-corrected chi connectivity index (χ2v) is 14.5. The molecule has 0 saturated heterocycles. The maximum Gasteiger partial charge on any atom is 0.0540 e. The van der Waals surface area contributed by atoms with Gasteiger partial charge in [0.15, 0.2) is 0 Å². The smallest absolute Gasteiger partial charge is 0.0540 e. The highest BCUT2D eigenvalue weighted by Crippen LogP contribution is 2.45. The molecule has 57 heavy (non-hydrogen) atoms. The van der Waals surface area contributed by atoms with Gasteiger partial charge in [0.2, 0.25) is 0 Å². The van der Waals surface area contributed by atoms with Crippen molar-refractivity contribution in [2.75, 3.05) is 4.90 Å². The molecule has 0 atom stereocenters. The van der Waals surface area contributed by atoms with Crippen LogP contribution < -0.4 is 4.90 Å². The molecular weight excluding hydrogens is 687 g/mol. The summed E-state index contributed by atoms with van der Waals surface area (Å²) in [6.07, 6.45) is 0. The van der Waals surface area contributed by atoms with Crippen LogP contribution in [0.1, 0.15) is 0 Å². The Balaban J connectivity index is 1.15. The molecule has 0 amide bonds. The molecule has 0 saturated carbocycles. The van der Waals surface area contributed by atoms with E-state index < -0.39 is 0 Å². The van der Waals surface area contributed by atoms with E-state index >= 15 is 0 Å². The normalized spacial score (nSPS) is 11.2. The van der Waals surface area contributed by atoms with Gasteiger partial charge in [0, 0.05) is 16.9 Å². The molecule has 1 nitrogen and oxygen atoms in total. The Hall–Kier alpha value is -7.48. The van der Waals surface area contributed by atoms with E-state index in [-0.39, 0.29) is 0 Å². The SMILES string of the molecule is c1ccc(-c2cccc(-c3ccc(N(c4cccc(-c5cc6ccccc6c6ccccc56)c4)c4ccc(-c5ccccc5)cc4-c4ccccc4)cc3)c2)cc1. The first kappa shape index (κ1) is 34.0. The van der Waals surface area contributed by atoms with Crippen LogP contribution in [0.4, 0.5) is 17.1 Å². The highest BCUT2D eigenvalue weighted by atomic mass is 15.1. The van der Waals surface area contributed by atoms with Gasteiger partial charge in [0.05, 0.1) is 5.69 Å². The van der Waals surface area contributed by atoms with Crippen LogP contribution in [0.25, 0.3) is 77.2 Å². The molecule has 0 N–H and O–H groups in total. The zero-order chi connectivity index (χ0) is 38.0. The summed E-state index contributed by atoms with van der Waals surface area (Å²) < 4.78 is 0. The predicted octanol–water partition coefficient (Wildman–Crippen LogP) is 15.8. The van der Waals surface area contributed by atoms with Crippen molar-refractivity contribution in [3.8, 4) is 55.6 Å². The summed E-state index contributed by atoms with van der Waals surface area (Å²) in [5.41, 5.74) is 15.2. The molecule has 10 aromatic carbocycles. The molecule has 268 valence electrons. The lowest BCUT2D eigenvalue weighted by Gasteiger charge is -2.29. The topological polar surface area (TPSA) is 3.24 Å². The number of hydrogen-bond acceptors (Lipinski definition) is 1. The van der Waals surface area contributed by atoms with Gasteiger partial charge in [-0.25, -0.2) is 0 Å². The molecule has 0 aliphatic rings. The van der Waals surface area contributed by atoms with Crippen LogP contribution in [-0.4, -0.2) is 0 Å². The summed E-state index contributed by atoms with van der Waals surface area (Å²) in [5, 5.41) is 5.03. The average molecular weight is 726 g/mol. The van der Waals surface area contributed by atoms with Gasteiger partial charge in [-0.05, 0) is 120 Å². The van der Waals surface area contributed by atoms with Gasteiger partial charge in [-0.3, -0.25) is 0 Å². The van der Waals surface area contributed by atoms with Crippen molar-refractivity contribution in [1.29, 1.82) is 0 Å². The van der Waals surface area contributed by atoms with Crippen LogP contribution in [0.5, 0.6) is 0 Å². The minimum absolute atomic E-state index is 1.09. The van der Waals surface area contributed by atoms with E-state index in [4.69, 9.17) is 0 Å². The fraction of sp³-hybridized carbons (Fsp3) is 0. The second-order valence-electron chi connectivity index (χ2n) is 14.5. The average Bonchev–Trinajstić information content (AvgIpc) is 3.30. The Bertz CT molecular complexity index is 2990. The molecule has 0 heterocycles. The third-order valence-corrected chi connectivity index (χ3v) is 11.0. The quantitative estimate of drug-likeness (QED) is 0.141. The van der Waals surface area contributed by atoms with Crippen LogP contribution >= 0.6 is 0 Å². The molecule has 0 bridgehead atoms. The number of nitrogens with zero attached hydrogens (tertiary/aromatic N) is 1. The summed E-state index contributed by atoms with van der Waals surface area (Å²) in [7, 11) is 0. The standard InChI is InChI=1S/C56H39N/c1-4-16-40(17-5-1)44-23-14-24-45(36-44)42-30-33-49(34-31-42)57(56-35-32-46(41-18-6-2-7-19-41)38-55(56)43-20-8-3-9-21-43)50-26-15-25-47(37-50)54-39-48-22-10-11-27-51(48)52-28-12-13-29-53(52)54/h1-39H. The van der Waals surface area contributed by atoms with E-state index in [2.05, 4.69) is 241 Å². The van der Waals surface area contributed by atoms with Crippen molar-refractivity contribution in [3.05, 3.63) is 237 Å². The summed E-state index contributed by atoms with van der Waals surface area (Å²) >= 11 is 0. The van der Waals surface area contributed by atoms with Gasteiger partial charge < -0.3 is 4.90 Å². The molecule has 0 spiro atoms. The van der Waals surface area contributed by atoms with Gasteiger partial charge in [0.1, 0.15) is 0 Å². The van der Waals surface area contributed by atoms with Crippen molar-refractivity contribution in [2.24, 2.45) is 0 Å². The lowest BCUT2D eigenvalue weighted by atomic mass is 9.92. The molecule has 10 rings (SSSR count). The monoisotopic (exact) mass is 725 g/mol. The Kier molecular flexibility index (Phi) is 8.95. The Morgan fingerprint density at radius 3 is 1.40 bits per heavy atom. The molecule has 0 aliphatic heterocycles. The van der Waals surface area contributed by atoms with E-state index in [0.29, 0.717) is 0 Å². The van der Waals surface area contributed by atoms with E-state index in [9.17, 15) is 0 Å². The van der Waals surface area contributed by atoms with Gasteiger partial charge in [0.25, 0.3) is 0 Å². The van der Waals surface area contributed by atoms with Crippen molar-refractivity contribution in [3.63, 3.8) is 0 Å². The van der Waals surface area contributed by atoms with Gasteiger partial charge >= 0.3 is 0 Å².